The van der Waals surface area contributed by atoms with Crippen molar-refractivity contribution in [2.45, 2.75) is 235 Å². The number of Topliss-reactive ketones (excluding diaryl/α,β-unsaturated/α-hetero) is 7. The van der Waals surface area contributed by atoms with Crippen LogP contribution in [0.1, 0.15) is 334 Å². The molecule has 7 heterocycles. The van der Waals surface area contributed by atoms with Gasteiger partial charge in [0.15, 0.2) is 46.2 Å². The van der Waals surface area contributed by atoms with Gasteiger partial charge in [-0.15, -0.1) is 35.7 Å². The molecule has 0 spiro atoms. The lowest BCUT2D eigenvalue weighted by atomic mass is 9.99. The molecule has 9 aromatic carbocycles. The molecule has 7 aromatic heterocycles. The second-order valence-corrected chi connectivity index (χ2v) is 43.8. The largest absolute Gasteiger partial charge is 0.457 e. The van der Waals surface area contributed by atoms with E-state index in [1.165, 1.54) is 104 Å². The van der Waals surface area contributed by atoms with E-state index in [9.17, 15) is 51.1 Å². The first-order chi connectivity index (χ1) is 72.0. The maximum atomic E-state index is 13.7. The number of aryl methyl sites for hydroxylation is 4. The van der Waals surface area contributed by atoms with Crippen LogP contribution in [0.5, 0.6) is 11.5 Å². The van der Waals surface area contributed by atoms with Crippen LogP contribution in [0.3, 0.4) is 0 Å². The number of ketones is 7. The van der Waals surface area contributed by atoms with Crippen LogP contribution in [0.25, 0.3) is 15.6 Å². The summed E-state index contributed by atoms with van der Waals surface area (Å²) in [6.07, 6.45) is 21.1. The summed E-state index contributed by atoms with van der Waals surface area (Å²) >= 11 is 27.0. The Balaban J connectivity index is 0.000000118. The van der Waals surface area contributed by atoms with Gasteiger partial charge in [0, 0.05) is 113 Å². The first-order valence-corrected chi connectivity index (χ1v) is 55.8. The van der Waals surface area contributed by atoms with Gasteiger partial charge in [0.25, 0.3) is 0 Å². The molecule has 0 amide bonds. The Hall–Kier alpha value is -12.3. The fourth-order valence-corrected chi connectivity index (χ4v) is 22.8. The molecule has 7 fully saturated rings. The zero-order valence-corrected chi connectivity index (χ0v) is 88.7. The highest BCUT2D eigenvalue weighted by molar-refractivity contribution is 7.10. The number of carbonyl (C=O) groups excluding carboxylic acids is 7. The molecule has 758 valence electrons. The zero-order valence-electron chi connectivity index (χ0n) is 80.7. The normalized spacial score (nSPS) is 14.2. The smallest absolute Gasteiger partial charge is 0.191 e. The fraction of sp³-hybridized carbons (Fsp3) is 0.333. The molecule has 16 aromatic rings. The Labute approximate surface area is 896 Å². The summed E-state index contributed by atoms with van der Waals surface area (Å²) < 4.78 is 87.5. The highest BCUT2D eigenvalue weighted by atomic mass is 35.5. The molecule has 0 bridgehead atoms. The van der Waals surface area contributed by atoms with Crippen molar-refractivity contribution in [3.63, 3.8) is 0 Å². The van der Waals surface area contributed by atoms with E-state index >= 15 is 0 Å². The van der Waals surface area contributed by atoms with Crippen molar-refractivity contribution in [3.05, 3.63) is 362 Å². The number of fused-ring (bicyclic) bond motifs is 1. The number of para-hydroxylation sites is 1. The number of ether oxygens (including phenoxy) is 1. The molecule has 0 atom stereocenters. The molecule has 23 rings (SSSR count). The van der Waals surface area contributed by atoms with Crippen molar-refractivity contribution in [2.24, 2.45) is 0 Å². The molecule has 0 unspecified atom stereocenters. The molecular weight excluding hydrogens is 2080 g/mol. The van der Waals surface area contributed by atoms with E-state index in [-0.39, 0.29) is 70.5 Å². The van der Waals surface area contributed by atoms with Gasteiger partial charge in [-0.05, 0) is 340 Å². The Morgan fingerprint density at radius 2 is 0.574 bits per heavy atom. The van der Waals surface area contributed by atoms with Crippen LogP contribution in [0, 0.1) is 43.7 Å². The summed E-state index contributed by atoms with van der Waals surface area (Å²) in [4.78, 5) is 94.6. The van der Waals surface area contributed by atoms with Gasteiger partial charge in [-0.3, -0.25) is 33.6 Å². The van der Waals surface area contributed by atoms with E-state index in [0.717, 1.165) is 208 Å². The number of hydrogen-bond acceptors (Lipinski definition) is 29. The maximum absolute atomic E-state index is 13.7. The second-order valence-electron chi connectivity index (χ2n) is 37.3. The summed E-state index contributed by atoms with van der Waals surface area (Å²) in [6, 6.07) is 56.0. The van der Waals surface area contributed by atoms with E-state index in [0.29, 0.717) is 169 Å². The third kappa shape index (κ3) is 28.9. The second kappa shape index (κ2) is 51.3. The third-order valence-corrected chi connectivity index (χ3v) is 32.8. The standard InChI is InChI=1S/C20H17ClN2O2S.C18H16N2OS.C15H12ClN3OS.C15H15ClN2OS.C15H15FN2OS.C14H12F2N2OS.C14H13FN2OS/c21-16-7-4-8-18(25-14-5-2-1-3-6-14)15(16)11-12-17(24)20-19(13-9-10-13)22-23-26-20;21-16(18-17(14-8-9-14)19-20-22-18)11-10-13-6-3-5-12-4-1-2-7-15(12)13;1-17-12-4-2-3-11(16)10(12)7-8-13(20)15-14(9-5-6-9)18-19-21-15;2*1-9-3-2-4-12(16)11(9)7-8-13(19)15-14(10-5-6-10)17-18-20-15;15-10-2-1-3-11(16)9(10)6-7-12(19)14-13(8-4-5-8)17-18-20-14;15-11-4-2-1-3-9(11)7-8-12(18)14-13(10-5-6-10)16-17-19-14/h1-8,13H,9-12H2;1-7,14H,8-11H2;2-4,9H,5-8H2;2*2-4,10H,5-8H2,1H3;1-3,8H,4-7H2;1-4,10H,5-8H2. The topological polar surface area (TPSA) is 314 Å². The minimum atomic E-state index is -0.609. The Bertz CT molecular complexity index is 7150. The number of nitrogens with zero attached hydrogens (tertiary/aromatic N) is 15. The van der Waals surface area contributed by atoms with Crippen molar-refractivity contribution in [3.8, 4) is 11.5 Å². The van der Waals surface area contributed by atoms with E-state index < -0.39 is 11.6 Å². The van der Waals surface area contributed by atoms with Crippen LogP contribution in [-0.2, 0) is 44.9 Å². The molecule has 7 aliphatic rings. The van der Waals surface area contributed by atoms with Gasteiger partial charge in [-0.1, -0.05) is 194 Å². The van der Waals surface area contributed by atoms with Gasteiger partial charge in [0.2, 0.25) is 0 Å². The minimum absolute atomic E-state index is 0.0279. The molecule has 23 nitrogen and oxygen atoms in total. The lowest BCUT2D eigenvalue weighted by Crippen LogP contribution is -2.04. The molecule has 7 aliphatic carbocycles. The van der Waals surface area contributed by atoms with Gasteiger partial charge in [0.1, 0.15) is 68.9 Å². The van der Waals surface area contributed by atoms with Crippen LogP contribution in [0.4, 0.5) is 23.2 Å². The summed E-state index contributed by atoms with van der Waals surface area (Å²) in [7, 11) is 0. The van der Waals surface area contributed by atoms with E-state index in [2.05, 4.69) is 102 Å². The van der Waals surface area contributed by atoms with Gasteiger partial charge in [-0.2, -0.15) is 0 Å². The number of hydrogen-bond donors (Lipinski definition) is 0. The molecular formula is C111H100Cl3F4N15O8S7. The van der Waals surface area contributed by atoms with E-state index in [4.69, 9.17) is 46.1 Å². The minimum Gasteiger partial charge on any atom is -0.457 e. The predicted molar refractivity (Wildman–Crippen MR) is 571 cm³/mol. The molecule has 0 N–H and O–H groups in total. The number of halogens is 7. The third-order valence-electron chi connectivity index (χ3n) is 26.2. The molecule has 0 aliphatic heterocycles. The predicted octanol–water partition coefficient (Wildman–Crippen LogP) is 29.2. The Kier molecular flexibility index (Phi) is 37.1. The summed E-state index contributed by atoms with van der Waals surface area (Å²) in [5.74, 6) is 3.07. The molecule has 7 saturated carbocycles. The van der Waals surface area contributed by atoms with Gasteiger partial charge >= 0.3 is 0 Å². The lowest BCUT2D eigenvalue weighted by Gasteiger charge is -2.12. The van der Waals surface area contributed by atoms with Gasteiger partial charge < -0.3 is 4.74 Å². The van der Waals surface area contributed by atoms with Crippen molar-refractivity contribution in [2.75, 3.05) is 0 Å². The van der Waals surface area contributed by atoms with Gasteiger partial charge in [-0.25, -0.2) is 22.4 Å². The number of aromatic nitrogens is 14. The molecule has 0 radical (unpaired) electrons. The van der Waals surface area contributed by atoms with Crippen molar-refractivity contribution < 1.29 is 55.9 Å². The molecule has 37 heteroatoms. The monoisotopic (exact) mass is 2180 g/mol. The van der Waals surface area contributed by atoms with Crippen molar-refractivity contribution >= 4 is 172 Å². The van der Waals surface area contributed by atoms with E-state index in [1.807, 2.05) is 98.8 Å². The van der Waals surface area contributed by atoms with Crippen LogP contribution < -0.4 is 4.74 Å². The quantitative estimate of drug-likeness (QED) is 0.0198. The maximum Gasteiger partial charge on any atom is 0.191 e. The Morgan fingerprint density at radius 1 is 0.297 bits per heavy atom. The lowest BCUT2D eigenvalue weighted by molar-refractivity contribution is 0.0977. The average Bonchev–Trinajstić information content (AvgIpc) is 1.68. The zero-order chi connectivity index (χ0) is 103. The van der Waals surface area contributed by atoms with Gasteiger partial charge in [0.05, 0.1) is 46.4 Å². The highest BCUT2D eigenvalue weighted by Gasteiger charge is 2.39. The molecule has 148 heavy (non-hydrogen) atoms. The first kappa shape index (κ1) is 107. The summed E-state index contributed by atoms with van der Waals surface area (Å²) in [6.45, 7) is 11.1. The number of benzene rings is 9. The van der Waals surface area contributed by atoms with Crippen LogP contribution in [-0.4, -0.2) is 108 Å². The fourth-order valence-electron chi connectivity index (χ4n) is 16.9. The highest BCUT2D eigenvalue weighted by Crippen LogP contribution is 2.48. The van der Waals surface area contributed by atoms with Crippen LogP contribution in [0.2, 0.25) is 15.1 Å². The summed E-state index contributed by atoms with van der Waals surface area (Å²) in [5, 5.41) is 32.9. The van der Waals surface area contributed by atoms with Crippen LogP contribution >= 0.6 is 116 Å². The average molecular weight is 2180 g/mol. The SMILES string of the molecule is Cc1cccc(Cl)c1CCC(=O)c1snnc1C1CC1.Cc1cccc(F)c1CCC(=O)c1snnc1C1CC1.O=C(CCc1c(Cl)cccc1Oc1ccccc1)c1snnc1C1CC1.O=C(CCc1c(F)cccc1F)c1snnc1C1CC1.O=C(CCc1cccc2ccccc12)c1snnc1C1CC1.O=C(CCc1ccccc1F)c1snnc1C1CC1.[C-]#[N+]c1cccc(Cl)c1CCC(=O)c1snnc1C1CC1. The Morgan fingerprint density at radius 3 is 0.966 bits per heavy atom. The van der Waals surface area contributed by atoms with Crippen molar-refractivity contribution in [1.82, 2.24) is 67.1 Å². The number of carbonyl (C=O) groups is 7. The number of rotatable bonds is 37. The van der Waals surface area contributed by atoms with Crippen molar-refractivity contribution in [1.29, 1.82) is 0 Å². The van der Waals surface area contributed by atoms with Crippen LogP contribution in [0.15, 0.2) is 188 Å². The first-order valence-electron chi connectivity index (χ1n) is 49.2. The summed E-state index contributed by atoms with van der Waals surface area (Å²) in [5.41, 5.74) is 13.6. The molecule has 0 saturated heterocycles. The van der Waals surface area contributed by atoms with E-state index in [1.54, 1.807) is 42.5 Å².